The van der Waals surface area contributed by atoms with Gasteiger partial charge < -0.3 is 0 Å². The van der Waals surface area contributed by atoms with Crippen molar-refractivity contribution < 1.29 is 0 Å². The van der Waals surface area contributed by atoms with Gasteiger partial charge in [0.15, 0.2) is 0 Å². The smallest absolute Gasteiger partial charge is 0.0706 e. The van der Waals surface area contributed by atoms with Crippen LogP contribution in [0.3, 0.4) is 0 Å². The highest BCUT2D eigenvalue weighted by atomic mass is 15.3. The van der Waals surface area contributed by atoms with Crippen LogP contribution in [0, 0.1) is 11.3 Å². The van der Waals surface area contributed by atoms with Crippen LogP contribution in [0.5, 0.6) is 0 Å². The maximum atomic E-state index is 9.05. The molecule has 0 spiro atoms. The molecule has 1 aromatic carbocycles. The molecule has 0 amide bonds. The van der Waals surface area contributed by atoms with Gasteiger partial charge in [0.2, 0.25) is 0 Å². The summed E-state index contributed by atoms with van der Waals surface area (Å²) in [7, 11) is 2.03. The topological polar surface area (TPSA) is 41.6 Å². The highest BCUT2D eigenvalue weighted by molar-refractivity contribution is 5.36. The lowest BCUT2D eigenvalue weighted by Gasteiger charge is -2.21. The number of nitriles is 1. The number of nitrogens with zero attached hydrogens (tertiary/aromatic N) is 3. The first-order chi connectivity index (χ1) is 9.79. The molecular weight excluding hydrogens is 246 g/mol. The summed E-state index contributed by atoms with van der Waals surface area (Å²) in [6.45, 7) is 0. The van der Waals surface area contributed by atoms with E-state index in [2.05, 4.69) is 30.3 Å². The van der Waals surface area contributed by atoms with Crippen LogP contribution in [-0.2, 0) is 19.9 Å². The molecule has 0 fully saturated rings. The predicted molar refractivity (Wildman–Crippen MR) is 78.4 cm³/mol. The maximum Gasteiger partial charge on any atom is 0.0706 e. The average Bonchev–Trinajstić information content (AvgIpc) is 2.78. The summed E-state index contributed by atoms with van der Waals surface area (Å²) < 4.78 is 2.02. The second-order valence-electron chi connectivity index (χ2n) is 5.54. The molecule has 3 rings (SSSR count). The van der Waals surface area contributed by atoms with Crippen LogP contribution in [0.2, 0.25) is 0 Å². The summed E-state index contributed by atoms with van der Waals surface area (Å²) in [5.41, 5.74) is 5.13. The van der Waals surface area contributed by atoms with Gasteiger partial charge in [0.25, 0.3) is 0 Å². The third kappa shape index (κ3) is 2.34. The lowest BCUT2D eigenvalue weighted by Crippen LogP contribution is -2.12. The van der Waals surface area contributed by atoms with Crippen LogP contribution in [0.15, 0.2) is 30.3 Å². The summed E-state index contributed by atoms with van der Waals surface area (Å²) >= 11 is 0. The highest BCUT2D eigenvalue weighted by Crippen LogP contribution is 2.36. The van der Waals surface area contributed by atoms with Gasteiger partial charge in [0.05, 0.1) is 11.8 Å². The van der Waals surface area contributed by atoms with E-state index in [9.17, 15) is 0 Å². The van der Waals surface area contributed by atoms with Crippen molar-refractivity contribution in [2.75, 3.05) is 0 Å². The summed E-state index contributed by atoms with van der Waals surface area (Å²) in [5, 5.41) is 13.8. The molecule has 1 unspecified atom stereocenters. The zero-order chi connectivity index (χ0) is 13.9. The van der Waals surface area contributed by atoms with Gasteiger partial charge in [0.1, 0.15) is 0 Å². The third-order valence-corrected chi connectivity index (χ3v) is 4.21. The van der Waals surface area contributed by atoms with Gasteiger partial charge in [-0.05, 0) is 24.8 Å². The molecule has 0 saturated heterocycles. The molecule has 1 aromatic heterocycles. The van der Waals surface area contributed by atoms with Crippen LogP contribution in [0.25, 0.3) is 0 Å². The van der Waals surface area contributed by atoms with Crippen molar-refractivity contribution in [3.05, 3.63) is 52.8 Å². The number of aromatic nitrogens is 2. The lowest BCUT2D eigenvalue weighted by molar-refractivity contribution is 0.540. The van der Waals surface area contributed by atoms with E-state index in [1.807, 2.05) is 17.8 Å². The summed E-state index contributed by atoms with van der Waals surface area (Å²) in [4.78, 5) is 0. The van der Waals surface area contributed by atoms with Gasteiger partial charge >= 0.3 is 0 Å². The number of hydrogen-bond acceptors (Lipinski definition) is 2. The fraction of sp³-hybridized carbons (Fsp3) is 0.412. The van der Waals surface area contributed by atoms with E-state index in [0.29, 0.717) is 12.3 Å². The molecular formula is C17H19N3. The molecule has 0 radical (unpaired) electrons. The Morgan fingerprint density at radius 2 is 2.15 bits per heavy atom. The molecule has 102 valence electrons. The summed E-state index contributed by atoms with van der Waals surface area (Å²) in [5.74, 6) is 0.371. The number of benzene rings is 1. The van der Waals surface area contributed by atoms with Crippen molar-refractivity contribution in [3.8, 4) is 6.07 Å². The minimum Gasteiger partial charge on any atom is -0.272 e. The Morgan fingerprint density at radius 3 is 2.90 bits per heavy atom. The molecule has 3 nitrogen and oxygen atoms in total. The van der Waals surface area contributed by atoms with E-state index in [1.165, 1.54) is 23.2 Å². The van der Waals surface area contributed by atoms with Gasteiger partial charge in [-0.15, -0.1) is 0 Å². The first-order valence-corrected chi connectivity index (χ1v) is 7.25. The van der Waals surface area contributed by atoms with E-state index >= 15 is 0 Å². The zero-order valence-electron chi connectivity index (χ0n) is 11.8. The molecule has 2 aromatic rings. The molecule has 0 aliphatic heterocycles. The summed E-state index contributed by atoms with van der Waals surface area (Å²) in [6.07, 6.45) is 4.86. The lowest BCUT2D eigenvalue weighted by atomic mass is 9.82. The molecule has 1 aliphatic rings. The SMILES string of the molecule is Cn1nc(Cc2ccccc2)c2c1CCCC2CC#N. The van der Waals surface area contributed by atoms with Crippen LogP contribution in [-0.4, -0.2) is 9.78 Å². The normalized spacial score (nSPS) is 17.5. The zero-order valence-corrected chi connectivity index (χ0v) is 11.8. The number of rotatable bonds is 3. The van der Waals surface area contributed by atoms with Crippen molar-refractivity contribution in [3.63, 3.8) is 0 Å². The van der Waals surface area contributed by atoms with Gasteiger partial charge in [-0.2, -0.15) is 10.4 Å². The van der Waals surface area contributed by atoms with Gasteiger partial charge in [-0.1, -0.05) is 30.3 Å². The van der Waals surface area contributed by atoms with E-state index < -0.39 is 0 Å². The number of hydrogen-bond donors (Lipinski definition) is 0. The standard InChI is InChI=1S/C17H19N3/c1-20-16-9-5-8-14(10-11-18)17(16)15(19-20)12-13-6-3-2-4-7-13/h2-4,6-7,14H,5,8-10,12H2,1H3. The Morgan fingerprint density at radius 1 is 1.35 bits per heavy atom. The van der Waals surface area contributed by atoms with Crippen molar-refractivity contribution in [1.29, 1.82) is 5.26 Å². The molecule has 0 N–H and O–H groups in total. The van der Waals surface area contributed by atoms with Gasteiger partial charge in [0, 0.05) is 37.1 Å². The van der Waals surface area contributed by atoms with Crippen LogP contribution < -0.4 is 0 Å². The first-order valence-electron chi connectivity index (χ1n) is 7.25. The predicted octanol–water partition coefficient (Wildman–Crippen LogP) is 3.34. The largest absolute Gasteiger partial charge is 0.272 e. The van der Waals surface area contributed by atoms with Crippen molar-refractivity contribution >= 4 is 0 Å². The second kappa shape index (κ2) is 5.50. The first kappa shape index (κ1) is 12.9. The minimum atomic E-state index is 0.371. The van der Waals surface area contributed by atoms with Crippen molar-refractivity contribution in [1.82, 2.24) is 9.78 Å². The van der Waals surface area contributed by atoms with Crippen molar-refractivity contribution in [2.24, 2.45) is 7.05 Å². The minimum absolute atomic E-state index is 0.371. The number of fused-ring (bicyclic) bond motifs is 1. The number of aryl methyl sites for hydroxylation is 1. The Hall–Kier alpha value is -2.08. The molecule has 1 heterocycles. The van der Waals surface area contributed by atoms with E-state index in [0.717, 1.165) is 25.0 Å². The fourth-order valence-electron chi connectivity index (χ4n) is 3.30. The molecule has 1 aliphatic carbocycles. The van der Waals surface area contributed by atoms with Crippen LogP contribution in [0.4, 0.5) is 0 Å². The van der Waals surface area contributed by atoms with Gasteiger partial charge in [-0.25, -0.2) is 0 Å². The fourth-order valence-corrected chi connectivity index (χ4v) is 3.30. The monoisotopic (exact) mass is 265 g/mol. The third-order valence-electron chi connectivity index (χ3n) is 4.21. The molecule has 20 heavy (non-hydrogen) atoms. The highest BCUT2D eigenvalue weighted by Gasteiger charge is 2.27. The van der Waals surface area contributed by atoms with Crippen molar-refractivity contribution in [2.45, 2.75) is 38.0 Å². The van der Waals surface area contributed by atoms with E-state index in [-0.39, 0.29) is 0 Å². The quantitative estimate of drug-likeness (QED) is 0.854. The van der Waals surface area contributed by atoms with E-state index in [4.69, 9.17) is 10.4 Å². The molecule has 3 heteroatoms. The Balaban J connectivity index is 1.98. The van der Waals surface area contributed by atoms with Crippen LogP contribution >= 0.6 is 0 Å². The summed E-state index contributed by atoms with van der Waals surface area (Å²) in [6, 6.07) is 12.8. The van der Waals surface area contributed by atoms with E-state index in [1.54, 1.807) is 0 Å². The Kier molecular flexibility index (Phi) is 3.56. The van der Waals surface area contributed by atoms with Gasteiger partial charge in [-0.3, -0.25) is 4.68 Å². The second-order valence-corrected chi connectivity index (χ2v) is 5.54. The average molecular weight is 265 g/mol. The molecule has 0 bridgehead atoms. The Labute approximate surface area is 119 Å². The Bertz CT molecular complexity index is 634. The molecule has 0 saturated carbocycles. The molecule has 1 atom stereocenters. The maximum absolute atomic E-state index is 9.05. The van der Waals surface area contributed by atoms with Crippen LogP contribution in [0.1, 0.15) is 47.7 Å².